The zero-order valence-electron chi connectivity index (χ0n) is 17.1. The third-order valence-electron chi connectivity index (χ3n) is 4.99. The van der Waals surface area contributed by atoms with E-state index in [1.807, 2.05) is 24.3 Å². The van der Waals surface area contributed by atoms with Crippen molar-refractivity contribution in [1.82, 2.24) is 9.80 Å². The van der Waals surface area contributed by atoms with Gasteiger partial charge in [-0.1, -0.05) is 48.5 Å². The Hall–Kier alpha value is -1.68. The molecule has 0 radical (unpaired) electrons. The molecule has 2 aromatic carbocycles. The van der Waals surface area contributed by atoms with Gasteiger partial charge in [-0.25, -0.2) is 0 Å². The van der Waals surface area contributed by atoms with Crippen LogP contribution in [0.4, 0.5) is 5.69 Å². The number of nitrogens with two attached hydrogens (primary N) is 1. The topological polar surface area (TPSA) is 66.1 Å². The largest absolute Gasteiger partial charge is 0.380 e. The van der Waals surface area contributed by atoms with Crippen molar-refractivity contribution in [2.45, 2.75) is 13.2 Å². The van der Waals surface area contributed by atoms with Crippen molar-refractivity contribution in [2.75, 3.05) is 51.7 Å². The highest BCUT2D eigenvalue weighted by molar-refractivity contribution is 14.0. The number of ether oxygens (including phenoxy) is 1. The molecule has 158 valence electrons. The molecule has 2 aromatic rings. The van der Waals surface area contributed by atoms with E-state index in [1.54, 1.807) is 7.11 Å². The van der Waals surface area contributed by atoms with Gasteiger partial charge in [0.25, 0.3) is 0 Å². The molecule has 7 heteroatoms. The number of hydrogen-bond acceptors (Lipinski definition) is 4. The summed E-state index contributed by atoms with van der Waals surface area (Å²) in [6.45, 7) is 7.55. The van der Waals surface area contributed by atoms with Crippen LogP contribution in [-0.4, -0.2) is 62.1 Å². The Bertz CT molecular complexity index is 748. The van der Waals surface area contributed by atoms with Crippen LogP contribution in [0, 0.1) is 0 Å². The lowest BCUT2D eigenvalue weighted by Gasteiger charge is -2.34. The van der Waals surface area contributed by atoms with Crippen LogP contribution < -0.4 is 11.1 Å². The SMILES string of the molecule is COCc1ccccc1NC(N)=NCCN1CCN(Cc2ccccc2)CC1.I. The number of rotatable bonds is 8. The molecule has 1 aliphatic heterocycles. The predicted molar refractivity (Wildman–Crippen MR) is 131 cm³/mol. The Kier molecular flexibility index (Phi) is 10.4. The molecule has 0 atom stereocenters. The molecule has 1 heterocycles. The fourth-order valence-corrected chi connectivity index (χ4v) is 3.43. The van der Waals surface area contributed by atoms with E-state index in [1.165, 1.54) is 5.56 Å². The first-order valence-electron chi connectivity index (χ1n) is 9.87. The third kappa shape index (κ3) is 7.93. The molecule has 1 saturated heterocycles. The van der Waals surface area contributed by atoms with Gasteiger partial charge in [-0.2, -0.15) is 0 Å². The molecule has 0 aromatic heterocycles. The average molecular weight is 509 g/mol. The van der Waals surface area contributed by atoms with Gasteiger partial charge in [0.15, 0.2) is 5.96 Å². The normalized spacial score (nSPS) is 15.7. The van der Waals surface area contributed by atoms with E-state index in [2.05, 4.69) is 50.4 Å². The molecule has 3 N–H and O–H groups in total. The van der Waals surface area contributed by atoms with Gasteiger partial charge in [0.1, 0.15) is 0 Å². The van der Waals surface area contributed by atoms with E-state index in [0.717, 1.165) is 50.5 Å². The molecule has 0 spiro atoms. The van der Waals surface area contributed by atoms with Gasteiger partial charge >= 0.3 is 0 Å². The van der Waals surface area contributed by atoms with Crippen LogP contribution in [0.3, 0.4) is 0 Å². The van der Waals surface area contributed by atoms with Crippen molar-refractivity contribution in [1.29, 1.82) is 0 Å². The minimum Gasteiger partial charge on any atom is -0.380 e. The maximum Gasteiger partial charge on any atom is 0.193 e. The summed E-state index contributed by atoms with van der Waals surface area (Å²) in [7, 11) is 1.69. The summed E-state index contributed by atoms with van der Waals surface area (Å²) in [5, 5.41) is 3.19. The number of methoxy groups -OCH3 is 1. The maximum absolute atomic E-state index is 6.07. The number of para-hydroxylation sites is 1. The van der Waals surface area contributed by atoms with Gasteiger partial charge in [-0.15, -0.1) is 24.0 Å². The van der Waals surface area contributed by atoms with E-state index in [9.17, 15) is 0 Å². The summed E-state index contributed by atoms with van der Waals surface area (Å²) in [5.41, 5.74) is 9.46. The Morgan fingerprint density at radius 1 is 1.00 bits per heavy atom. The average Bonchev–Trinajstić information content (AvgIpc) is 2.72. The molecule has 1 fully saturated rings. The zero-order valence-corrected chi connectivity index (χ0v) is 19.4. The summed E-state index contributed by atoms with van der Waals surface area (Å²) < 4.78 is 5.23. The molecule has 0 bridgehead atoms. The van der Waals surface area contributed by atoms with Gasteiger partial charge in [0.2, 0.25) is 0 Å². The maximum atomic E-state index is 6.07. The summed E-state index contributed by atoms with van der Waals surface area (Å²) >= 11 is 0. The van der Waals surface area contributed by atoms with Crippen LogP contribution in [0.2, 0.25) is 0 Å². The lowest BCUT2D eigenvalue weighted by atomic mass is 10.2. The van der Waals surface area contributed by atoms with Crippen LogP contribution in [0.5, 0.6) is 0 Å². The number of piperazine rings is 1. The molecule has 0 saturated carbocycles. The van der Waals surface area contributed by atoms with Crippen LogP contribution in [-0.2, 0) is 17.9 Å². The Morgan fingerprint density at radius 3 is 2.38 bits per heavy atom. The van der Waals surface area contributed by atoms with Crippen LogP contribution in [0.15, 0.2) is 59.6 Å². The number of hydrogen-bond donors (Lipinski definition) is 2. The van der Waals surface area contributed by atoms with Gasteiger partial charge in [0, 0.05) is 57.6 Å². The van der Waals surface area contributed by atoms with Crippen molar-refractivity contribution < 1.29 is 4.74 Å². The lowest BCUT2D eigenvalue weighted by molar-refractivity contribution is 0.130. The van der Waals surface area contributed by atoms with Gasteiger partial charge < -0.3 is 15.8 Å². The van der Waals surface area contributed by atoms with E-state index in [-0.39, 0.29) is 24.0 Å². The van der Waals surface area contributed by atoms with Crippen molar-refractivity contribution >= 4 is 35.6 Å². The minimum atomic E-state index is 0. The predicted octanol–water partition coefficient (Wildman–Crippen LogP) is 3.00. The monoisotopic (exact) mass is 509 g/mol. The number of aliphatic imine (C=N–C) groups is 1. The highest BCUT2D eigenvalue weighted by atomic mass is 127. The lowest BCUT2D eigenvalue weighted by Crippen LogP contribution is -2.46. The Morgan fingerprint density at radius 2 is 1.66 bits per heavy atom. The fourth-order valence-electron chi connectivity index (χ4n) is 3.43. The quantitative estimate of drug-likeness (QED) is 0.326. The molecule has 6 nitrogen and oxygen atoms in total. The number of nitrogens with one attached hydrogen (secondary N) is 1. The number of benzene rings is 2. The van der Waals surface area contributed by atoms with Gasteiger partial charge in [0.05, 0.1) is 13.2 Å². The molecule has 3 rings (SSSR count). The highest BCUT2D eigenvalue weighted by Crippen LogP contribution is 2.15. The highest BCUT2D eigenvalue weighted by Gasteiger charge is 2.16. The van der Waals surface area contributed by atoms with Crippen LogP contribution >= 0.6 is 24.0 Å². The minimum absolute atomic E-state index is 0. The van der Waals surface area contributed by atoms with Crippen molar-refractivity contribution in [3.05, 3.63) is 65.7 Å². The summed E-state index contributed by atoms with van der Waals surface area (Å²) in [6, 6.07) is 18.7. The smallest absolute Gasteiger partial charge is 0.193 e. The van der Waals surface area contributed by atoms with Crippen LogP contribution in [0.1, 0.15) is 11.1 Å². The van der Waals surface area contributed by atoms with E-state index in [4.69, 9.17) is 10.5 Å². The second kappa shape index (κ2) is 12.8. The van der Waals surface area contributed by atoms with Crippen molar-refractivity contribution in [3.8, 4) is 0 Å². The molecular formula is C22H32IN5O. The molecule has 29 heavy (non-hydrogen) atoms. The Labute approximate surface area is 191 Å². The zero-order chi connectivity index (χ0) is 19.6. The fraction of sp³-hybridized carbons (Fsp3) is 0.409. The number of anilines is 1. The molecular weight excluding hydrogens is 477 g/mol. The number of nitrogens with zero attached hydrogens (tertiary/aromatic N) is 3. The first-order chi connectivity index (χ1) is 13.7. The van der Waals surface area contributed by atoms with E-state index in [0.29, 0.717) is 19.1 Å². The van der Waals surface area contributed by atoms with Gasteiger partial charge in [-0.3, -0.25) is 14.8 Å². The third-order valence-corrected chi connectivity index (χ3v) is 4.99. The van der Waals surface area contributed by atoms with Crippen molar-refractivity contribution in [3.63, 3.8) is 0 Å². The molecule has 1 aliphatic rings. The number of guanidine groups is 1. The van der Waals surface area contributed by atoms with E-state index < -0.39 is 0 Å². The molecule has 0 unspecified atom stereocenters. The summed E-state index contributed by atoms with van der Waals surface area (Å²) in [5.74, 6) is 0.450. The first-order valence-corrected chi connectivity index (χ1v) is 9.87. The molecule has 0 amide bonds. The van der Waals surface area contributed by atoms with Gasteiger partial charge in [-0.05, 0) is 11.6 Å². The van der Waals surface area contributed by atoms with Crippen LogP contribution in [0.25, 0.3) is 0 Å². The Balaban J connectivity index is 0.00000300. The standard InChI is InChI=1S/C22H31N5O.HI/c1-28-18-20-9-5-6-10-21(20)25-22(23)24-11-12-26-13-15-27(16-14-26)17-19-7-3-2-4-8-19;/h2-10H,11-18H2,1H3,(H3,23,24,25);1H. The summed E-state index contributed by atoms with van der Waals surface area (Å²) in [4.78, 5) is 9.46. The molecule has 0 aliphatic carbocycles. The first kappa shape index (κ1) is 23.6. The van der Waals surface area contributed by atoms with E-state index >= 15 is 0 Å². The second-order valence-corrected chi connectivity index (χ2v) is 7.09. The summed E-state index contributed by atoms with van der Waals surface area (Å²) in [6.07, 6.45) is 0. The number of halogens is 1. The second-order valence-electron chi connectivity index (χ2n) is 7.09. The van der Waals surface area contributed by atoms with Crippen molar-refractivity contribution in [2.24, 2.45) is 10.7 Å².